The molecule has 7 nitrogen and oxygen atoms in total. The fraction of sp³-hybridized carbons (Fsp3) is 0.100. The predicted octanol–water partition coefficient (Wildman–Crippen LogP) is 0.346. The number of nitrogens with one attached hydrogen (secondary N) is 2. The summed E-state index contributed by atoms with van der Waals surface area (Å²) in [6, 6.07) is 0. The van der Waals surface area contributed by atoms with Crippen LogP contribution in [0, 0.1) is 6.92 Å². The van der Waals surface area contributed by atoms with Gasteiger partial charge in [0.05, 0.1) is 11.4 Å². The third-order valence-corrected chi connectivity index (χ3v) is 2.23. The number of aryl methyl sites for hydroxylation is 1. The molecule has 0 bridgehead atoms. The fourth-order valence-corrected chi connectivity index (χ4v) is 1.42. The van der Waals surface area contributed by atoms with Crippen LogP contribution in [0.2, 0.25) is 0 Å². The normalized spacial score (nSPS) is 12.4. The first kappa shape index (κ1) is 10.9. The first-order valence-corrected chi connectivity index (χ1v) is 4.99. The minimum absolute atomic E-state index is 0.578. The van der Waals surface area contributed by atoms with Crippen molar-refractivity contribution in [3.05, 3.63) is 36.2 Å². The van der Waals surface area contributed by atoms with Crippen molar-refractivity contribution in [1.82, 2.24) is 20.2 Å². The Labute approximate surface area is 97.6 Å². The molecule has 7 heteroatoms. The number of H-pyrrole nitrogens is 1. The van der Waals surface area contributed by atoms with Crippen LogP contribution in [-0.2, 0) is 0 Å². The van der Waals surface area contributed by atoms with Gasteiger partial charge >= 0.3 is 0 Å². The van der Waals surface area contributed by atoms with Gasteiger partial charge in [-0.3, -0.25) is 5.10 Å². The van der Waals surface area contributed by atoms with E-state index in [1.807, 2.05) is 6.92 Å². The summed E-state index contributed by atoms with van der Waals surface area (Å²) < 4.78 is 0. The second-order valence-electron chi connectivity index (χ2n) is 3.37. The molecule has 0 aliphatic rings. The van der Waals surface area contributed by atoms with Gasteiger partial charge in [0.25, 0.3) is 0 Å². The van der Waals surface area contributed by atoms with Crippen molar-refractivity contribution in [3.8, 4) is 0 Å². The lowest BCUT2D eigenvalue weighted by Gasteiger charge is -2.05. The molecule has 0 radical (unpaired) electrons. The molecule has 0 fully saturated rings. The van der Waals surface area contributed by atoms with Crippen molar-refractivity contribution >= 4 is 16.9 Å². The summed E-state index contributed by atoms with van der Waals surface area (Å²) in [6.45, 7) is 1.89. The van der Waals surface area contributed by atoms with E-state index in [1.165, 1.54) is 18.7 Å². The van der Waals surface area contributed by atoms with Crippen molar-refractivity contribution in [2.45, 2.75) is 6.92 Å². The van der Waals surface area contributed by atoms with Crippen LogP contribution in [0.25, 0.3) is 11.0 Å². The zero-order valence-corrected chi connectivity index (χ0v) is 9.31. The molecule has 0 aliphatic carbocycles. The number of allylic oxidation sites excluding steroid dienone is 1. The van der Waals surface area contributed by atoms with Crippen LogP contribution < -0.4 is 16.8 Å². The zero-order chi connectivity index (χ0) is 12.3. The molecule has 0 aliphatic heterocycles. The molecular formula is C10H13N7. The lowest BCUT2D eigenvalue weighted by Crippen LogP contribution is -2.03. The Morgan fingerprint density at radius 1 is 1.35 bits per heavy atom. The van der Waals surface area contributed by atoms with Gasteiger partial charge < -0.3 is 16.8 Å². The van der Waals surface area contributed by atoms with Crippen molar-refractivity contribution in [3.63, 3.8) is 0 Å². The number of nitrogens with two attached hydrogens (primary N) is 2. The highest BCUT2D eigenvalue weighted by Gasteiger charge is 2.09. The Morgan fingerprint density at radius 2 is 2.18 bits per heavy atom. The van der Waals surface area contributed by atoms with E-state index in [1.54, 1.807) is 6.08 Å². The second-order valence-corrected chi connectivity index (χ2v) is 3.37. The molecule has 2 rings (SSSR count). The van der Waals surface area contributed by atoms with Crippen molar-refractivity contribution in [1.29, 1.82) is 0 Å². The highest BCUT2D eigenvalue weighted by Crippen LogP contribution is 2.19. The van der Waals surface area contributed by atoms with Crippen LogP contribution in [0.1, 0.15) is 5.69 Å². The largest absolute Gasteiger partial charge is 0.405 e. The summed E-state index contributed by atoms with van der Waals surface area (Å²) in [7, 11) is 0. The number of anilines is 1. The first-order valence-electron chi connectivity index (χ1n) is 4.99. The summed E-state index contributed by atoms with van der Waals surface area (Å²) in [5, 5.41) is 10.0. The topological polar surface area (TPSA) is 119 Å². The van der Waals surface area contributed by atoms with E-state index in [4.69, 9.17) is 11.5 Å². The standard InChI is InChI=1S/C10H13N7/c1-6-8-9(17-16-6)10(14-5-13-8)15-7(4-12)2-3-11/h2-5H,11-12H2,1H3,(H,16,17)(H,13,14,15)/b3-2-,7-4+. The summed E-state index contributed by atoms with van der Waals surface area (Å²) in [5.74, 6) is 0.578. The molecule has 0 unspecified atom stereocenters. The van der Waals surface area contributed by atoms with E-state index in [-0.39, 0.29) is 0 Å². The maximum absolute atomic E-state index is 5.45. The van der Waals surface area contributed by atoms with Gasteiger partial charge in [-0.05, 0) is 19.2 Å². The third-order valence-electron chi connectivity index (χ3n) is 2.23. The minimum atomic E-state index is 0.578. The molecule has 0 amide bonds. The van der Waals surface area contributed by atoms with Crippen molar-refractivity contribution in [2.75, 3.05) is 5.32 Å². The first-order chi connectivity index (χ1) is 8.26. The number of hydrogen-bond acceptors (Lipinski definition) is 6. The molecule has 88 valence electrons. The third kappa shape index (κ3) is 2.03. The number of aromatic amines is 1. The average Bonchev–Trinajstić information content (AvgIpc) is 2.72. The Kier molecular flexibility index (Phi) is 2.91. The van der Waals surface area contributed by atoms with Crippen LogP contribution in [0.3, 0.4) is 0 Å². The highest BCUT2D eigenvalue weighted by molar-refractivity contribution is 5.87. The van der Waals surface area contributed by atoms with Gasteiger partial charge in [-0.25, -0.2) is 9.97 Å². The van der Waals surface area contributed by atoms with Crippen LogP contribution in [0.5, 0.6) is 0 Å². The monoisotopic (exact) mass is 231 g/mol. The van der Waals surface area contributed by atoms with Gasteiger partial charge in [-0.2, -0.15) is 5.10 Å². The molecule has 0 saturated carbocycles. The molecule has 6 N–H and O–H groups in total. The number of rotatable bonds is 3. The van der Waals surface area contributed by atoms with Crippen LogP contribution in [0.4, 0.5) is 5.82 Å². The minimum Gasteiger partial charge on any atom is -0.405 e. The maximum Gasteiger partial charge on any atom is 0.162 e. The van der Waals surface area contributed by atoms with E-state index in [9.17, 15) is 0 Å². The quantitative estimate of drug-likeness (QED) is 0.566. The molecule has 0 aromatic carbocycles. The summed E-state index contributed by atoms with van der Waals surface area (Å²) in [4.78, 5) is 8.26. The van der Waals surface area contributed by atoms with Crippen LogP contribution in [-0.4, -0.2) is 20.2 Å². The van der Waals surface area contributed by atoms with E-state index < -0.39 is 0 Å². The lowest BCUT2D eigenvalue weighted by molar-refractivity contribution is 1.07. The maximum atomic E-state index is 5.45. The molecule has 2 heterocycles. The molecule has 0 saturated heterocycles. The number of nitrogens with zero attached hydrogens (tertiary/aromatic N) is 3. The summed E-state index contributed by atoms with van der Waals surface area (Å²) in [6.07, 6.45) is 5.89. The Morgan fingerprint density at radius 3 is 2.88 bits per heavy atom. The van der Waals surface area contributed by atoms with E-state index in [2.05, 4.69) is 25.5 Å². The Hall–Kier alpha value is -2.57. The number of aromatic nitrogens is 4. The molecular weight excluding hydrogens is 218 g/mol. The van der Waals surface area contributed by atoms with Gasteiger partial charge in [0.15, 0.2) is 11.3 Å². The average molecular weight is 231 g/mol. The summed E-state index contributed by atoms with van der Waals surface area (Å²) >= 11 is 0. The molecule has 0 spiro atoms. The predicted molar refractivity (Wildman–Crippen MR) is 65.6 cm³/mol. The molecule has 0 atom stereocenters. The molecule has 2 aromatic heterocycles. The van der Waals surface area contributed by atoms with Crippen LogP contribution >= 0.6 is 0 Å². The Bertz CT molecular complexity index is 581. The van der Waals surface area contributed by atoms with Gasteiger partial charge in [0.2, 0.25) is 0 Å². The van der Waals surface area contributed by atoms with E-state index in [0.29, 0.717) is 17.0 Å². The Balaban J connectivity index is 2.42. The molecule has 2 aromatic rings. The SMILES string of the molecule is Cc1[nH]nc2c(NC(/C=C\N)=C/N)ncnc12. The van der Waals surface area contributed by atoms with Crippen molar-refractivity contribution in [2.24, 2.45) is 11.5 Å². The zero-order valence-electron chi connectivity index (χ0n) is 9.31. The lowest BCUT2D eigenvalue weighted by atomic mass is 10.3. The van der Waals surface area contributed by atoms with Gasteiger partial charge in [-0.1, -0.05) is 0 Å². The number of fused-ring (bicyclic) bond motifs is 1. The van der Waals surface area contributed by atoms with Gasteiger partial charge in [-0.15, -0.1) is 0 Å². The van der Waals surface area contributed by atoms with E-state index >= 15 is 0 Å². The second kappa shape index (κ2) is 4.52. The summed E-state index contributed by atoms with van der Waals surface area (Å²) in [5.41, 5.74) is 13.7. The van der Waals surface area contributed by atoms with Gasteiger partial charge in [0, 0.05) is 6.20 Å². The van der Waals surface area contributed by atoms with Crippen LogP contribution in [0.15, 0.2) is 30.5 Å². The van der Waals surface area contributed by atoms with Gasteiger partial charge in [0.1, 0.15) is 11.8 Å². The smallest absolute Gasteiger partial charge is 0.162 e. The fourth-order valence-electron chi connectivity index (χ4n) is 1.42. The highest BCUT2D eigenvalue weighted by atomic mass is 15.2. The number of hydrogen-bond donors (Lipinski definition) is 4. The molecule has 17 heavy (non-hydrogen) atoms. The van der Waals surface area contributed by atoms with Crippen molar-refractivity contribution < 1.29 is 0 Å². The van der Waals surface area contributed by atoms with E-state index in [0.717, 1.165) is 11.2 Å².